The van der Waals surface area contributed by atoms with Gasteiger partial charge in [0.25, 0.3) is 0 Å². The Bertz CT molecular complexity index is 309. The number of nitrogens with one attached hydrogen (secondary N) is 1. The van der Waals surface area contributed by atoms with Crippen LogP contribution in [0.2, 0.25) is 0 Å². The van der Waals surface area contributed by atoms with Crippen molar-refractivity contribution in [2.45, 2.75) is 46.4 Å². The van der Waals surface area contributed by atoms with Gasteiger partial charge in [0.05, 0.1) is 24.1 Å². The molecule has 1 aromatic heterocycles. The molecule has 0 fully saturated rings. The van der Waals surface area contributed by atoms with E-state index in [0.717, 1.165) is 25.2 Å². The van der Waals surface area contributed by atoms with Crippen molar-refractivity contribution in [2.24, 2.45) is 0 Å². The van der Waals surface area contributed by atoms with Gasteiger partial charge in [-0.1, -0.05) is 6.92 Å². The molecular weight excluding hydrogens is 202 g/mol. The Morgan fingerprint density at radius 2 is 2.25 bits per heavy atom. The molecule has 0 radical (unpaired) electrons. The van der Waals surface area contributed by atoms with Crippen LogP contribution in [0.15, 0.2) is 6.07 Å². The molecule has 1 aromatic rings. The highest BCUT2D eigenvalue weighted by molar-refractivity contribution is 5.09. The van der Waals surface area contributed by atoms with Gasteiger partial charge in [0.1, 0.15) is 0 Å². The molecule has 16 heavy (non-hydrogen) atoms. The molecule has 0 saturated heterocycles. The van der Waals surface area contributed by atoms with Crippen molar-refractivity contribution in [2.75, 3.05) is 13.6 Å². The molecule has 0 aliphatic rings. The molecule has 1 unspecified atom stereocenters. The maximum absolute atomic E-state index is 5.75. The Balaban J connectivity index is 2.54. The Morgan fingerprint density at radius 1 is 1.50 bits per heavy atom. The SMILES string of the molecule is CCc1cc(COC(C)CNC)n(CC)n1. The lowest BCUT2D eigenvalue weighted by Crippen LogP contribution is -2.23. The van der Waals surface area contributed by atoms with Gasteiger partial charge in [-0.25, -0.2) is 0 Å². The number of ether oxygens (including phenoxy) is 1. The fourth-order valence-electron chi connectivity index (χ4n) is 1.65. The highest BCUT2D eigenvalue weighted by Gasteiger charge is 2.07. The van der Waals surface area contributed by atoms with E-state index in [4.69, 9.17) is 4.74 Å². The highest BCUT2D eigenvalue weighted by atomic mass is 16.5. The first-order chi connectivity index (χ1) is 7.71. The second-order valence-electron chi connectivity index (χ2n) is 3.98. The normalized spacial score (nSPS) is 13.0. The molecule has 0 amide bonds. The maximum Gasteiger partial charge on any atom is 0.0889 e. The zero-order valence-corrected chi connectivity index (χ0v) is 10.8. The summed E-state index contributed by atoms with van der Waals surface area (Å²) >= 11 is 0. The van der Waals surface area contributed by atoms with Crippen LogP contribution >= 0.6 is 0 Å². The summed E-state index contributed by atoms with van der Waals surface area (Å²) in [5.74, 6) is 0. The summed E-state index contributed by atoms with van der Waals surface area (Å²) in [5, 5.41) is 7.59. The topological polar surface area (TPSA) is 39.1 Å². The molecule has 92 valence electrons. The standard InChI is InChI=1S/C12H23N3O/c1-5-11-7-12(15(6-2)14-11)9-16-10(3)8-13-4/h7,10,13H,5-6,8-9H2,1-4H3. The van der Waals surface area contributed by atoms with Gasteiger partial charge in [-0.05, 0) is 33.4 Å². The summed E-state index contributed by atoms with van der Waals surface area (Å²) < 4.78 is 7.76. The van der Waals surface area contributed by atoms with Gasteiger partial charge in [-0.15, -0.1) is 0 Å². The first kappa shape index (κ1) is 13.2. The van der Waals surface area contributed by atoms with Crippen molar-refractivity contribution in [3.8, 4) is 0 Å². The summed E-state index contributed by atoms with van der Waals surface area (Å²) in [6.45, 7) is 8.72. The molecule has 0 aromatic carbocycles. The van der Waals surface area contributed by atoms with Crippen molar-refractivity contribution in [1.29, 1.82) is 0 Å². The first-order valence-corrected chi connectivity index (χ1v) is 6.03. The zero-order chi connectivity index (χ0) is 12.0. The van der Waals surface area contributed by atoms with Crippen LogP contribution in [-0.4, -0.2) is 29.5 Å². The predicted molar refractivity (Wildman–Crippen MR) is 65.5 cm³/mol. The number of aromatic nitrogens is 2. The molecule has 0 aliphatic carbocycles. The highest BCUT2D eigenvalue weighted by Crippen LogP contribution is 2.08. The van der Waals surface area contributed by atoms with E-state index in [-0.39, 0.29) is 6.10 Å². The monoisotopic (exact) mass is 225 g/mol. The Morgan fingerprint density at radius 3 is 2.81 bits per heavy atom. The lowest BCUT2D eigenvalue weighted by molar-refractivity contribution is 0.0503. The van der Waals surface area contributed by atoms with Crippen LogP contribution in [0, 0.1) is 0 Å². The quantitative estimate of drug-likeness (QED) is 0.766. The molecule has 1 heterocycles. The molecule has 0 saturated carbocycles. The smallest absolute Gasteiger partial charge is 0.0889 e. The minimum atomic E-state index is 0.232. The Hall–Kier alpha value is -0.870. The first-order valence-electron chi connectivity index (χ1n) is 6.03. The lowest BCUT2D eigenvalue weighted by Gasteiger charge is -2.12. The lowest BCUT2D eigenvalue weighted by atomic mass is 10.3. The fraction of sp³-hybridized carbons (Fsp3) is 0.750. The third-order valence-electron chi connectivity index (χ3n) is 2.58. The molecule has 4 nitrogen and oxygen atoms in total. The van der Waals surface area contributed by atoms with Crippen molar-refractivity contribution in [1.82, 2.24) is 15.1 Å². The minimum absolute atomic E-state index is 0.232. The summed E-state index contributed by atoms with van der Waals surface area (Å²) in [4.78, 5) is 0. The van der Waals surface area contributed by atoms with Crippen molar-refractivity contribution < 1.29 is 4.74 Å². The summed E-state index contributed by atoms with van der Waals surface area (Å²) in [6, 6.07) is 2.13. The fourth-order valence-corrected chi connectivity index (χ4v) is 1.65. The maximum atomic E-state index is 5.75. The average Bonchev–Trinajstić information content (AvgIpc) is 2.69. The minimum Gasteiger partial charge on any atom is -0.371 e. The molecule has 1 rings (SSSR count). The van der Waals surface area contributed by atoms with Crippen molar-refractivity contribution in [3.63, 3.8) is 0 Å². The molecule has 0 aliphatic heterocycles. The number of likely N-dealkylation sites (N-methyl/N-ethyl adjacent to an activating group) is 1. The van der Waals surface area contributed by atoms with Crippen LogP contribution in [-0.2, 0) is 24.3 Å². The van der Waals surface area contributed by atoms with Crippen LogP contribution in [0.5, 0.6) is 0 Å². The molecule has 4 heteroatoms. The van der Waals surface area contributed by atoms with Crippen LogP contribution in [0.25, 0.3) is 0 Å². The van der Waals surface area contributed by atoms with E-state index in [0.29, 0.717) is 6.61 Å². The molecule has 0 spiro atoms. The molecule has 1 atom stereocenters. The number of rotatable bonds is 7. The van der Waals surface area contributed by atoms with E-state index >= 15 is 0 Å². The number of nitrogens with zero attached hydrogens (tertiary/aromatic N) is 2. The third-order valence-corrected chi connectivity index (χ3v) is 2.58. The largest absolute Gasteiger partial charge is 0.371 e. The van der Waals surface area contributed by atoms with Crippen LogP contribution in [0.3, 0.4) is 0 Å². The average molecular weight is 225 g/mol. The van der Waals surface area contributed by atoms with Gasteiger partial charge >= 0.3 is 0 Å². The third kappa shape index (κ3) is 3.61. The van der Waals surface area contributed by atoms with Crippen LogP contribution < -0.4 is 5.32 Å². The van der Waals surface area contributed by atoms with Crippen molar-refractivity contribution in [3.05, 3.63) is 17.5 Å². The van der Waals surface area contributed by atoms with Gasteiger partial charge in [-0.3, -0.25) is 4.68 Å². The van der Waals surface area contributed by atoms with E-state index in [1.54, 1.807) is 0 Å². The van der Waals surface area contributed by atoms with E-state index in [1.165, 1.54) is 5.69 Å². The van der Waals surface area contributed by atoms with E-state index < -0.39 is 0 Å². The van der Waals surface area contributed by atoms with Crippen LogP contribution in [0.1, 0.15) is 32.2 Å². The second-order valence-corrected chi connectivity index (χ2v) is 3.98. The van der Waals surface area contributed by atoms with Gasteiger partial charge < -0.3 is 10.1 Å². The Kier molecular flexibility index (Phi) is 5.49. The second kappa shape index (κ2) is 6.66. The molecule has 1 N–H and O–H groups in total. The summed E-state index contributed by atoms with van der Waals surface area (Å²) in [7, 11) is 1.94. The van der Waals surface area contributed by atoms with Gasteiger partial charge in [0.2, 0.25) is 0 Å². The predicted octanol–water partition coefficient (Wildman–Crippen LogP) is 1.59. The Labute approximate surface area is 98.0 Å². The van der Waals surface area contributed by atoms with Crippen molar-refractivity contribution >= 4 is 0 Å². The van der Waals surface area contributed by atoms with Crippen LogP contribution in [0.4, 0.5) is 0 Å². The summed E-state index contributed by atoms with van der Waals surface area (Å²) in [5.41, 5.74) is 2.31. The number of hydrogen-bond donors (Lipinski definition) is 1. The summed E-state index contributed by atoms with van der Waals surface area (Å²) in [6.07, 6.45) is 1.21. The molecular formula is C12H23N3O. The van der Waals surface area contributed by atoms with E-state index in [9.17, 15) is 0 Å². The van der Waals surface area contributed by atoms with E-state index in [1.807, 2.05) is 11.7 Å². The number of hydrogen-bond acceptors (Lipinski definition) is 3. The van der Waals surface area contributed by atoms with Gasteiger partial charge in [-0.2, -0.15) is 5.10 Å². The zero-order valence-electron chi connectivity index (χ0n) is 10.8. The molecule has 0 bridgehead atoms. The number of aryl methyl sites for hydroxylation is 2. The van der Waals surface area contributed by atoms with E-state index in [2.05, 4.69) is 37.3 Å². The van der Waals surface area contributed by atoms with Gasteiger partial charge in [0.15, 0.2) is 0 Å². The van der Waals surface area contributed by atoms with Gasteiger partial charge in [0, 0.05) is 13.1 Å².